The van der Waals surface area contributed by atoms with Crippen LogP contribution in [0.2, 0.25) is 0 Å². The maximum absolute atomic E-state index is 12.0. The molecule has 0 spiro atoms. The zero-order chi connectivity index (χ0) is 26.8. The molecule has 11 heteroatoms. The number of imide groups is 1. The third-order valence-electron chi connectivity index (χ3n) is 5.49. The minimum absolute atomic E-state index is 0.000739. The molecule has 0 unspecified atom stereocenters. The SMILES string of the molecule is CCCCNC(=O)N(C(=O)O)c1nc2cccc(C)c2[nH]1.CCCCc1c(C)nc(N(C)C)nc1O. The number of amides is 3. The predicted octanol–water partition coefficient (Wildman–Crippen LogP) is 4.76. The Hall–Kier alpha value is -3.89. The number of urea groups is 1. The van der Waals surface area contributed by atoms with Crippen LogP contribution in [0.15, 0.2) is 18.2 Å². The summed E-state index contributed by atoms with van der Waals surface area (Å²) in [5, 5.41) is 21.6. The van der Waals surface area contributed by atoms with E-state index in [0.29, 0.717) is 22.9 Å². The number of H-pyrrole nitrogens is 1. The molecule has 0 saturated carbocycles. The molecule has 1 aromatic carbocycles. The van der Waals surface area contributed by atoms with Crippen molar-refractivity contribution >= 4 is 35.1 Å². The number of para-hydroxylation sites is 1. The number of carboxylic acid groups (broad SMARTS) is 1. The van der Waals surface area contributed by atoms with Crippen molar-refractivity contribution in [2.75, 3.05) is 30.4 Å². The Morgan fingerprint density at radius 1 is 1.06 bits per heavy atom. The first kappa shape index (κ1) is 28.3. The number of nitrogens with zero attached hydrogens (tertiary/aromatic N) is 5. The molecule has 11 nitrogen and oxygen atoms in total. The average molecular weight is 500 g/mol. The topological polar surface area (TPSA) is 148 Å². The zero-order valence-corrected chi connectivity index (χ0v) is 21.9. The summed E-state index contributed by atoms with van der Waals surface area (Å²) in [7, 11) is 3.72. The van der Waals surface area contributed by atoms with Crippen LogP contribution in [-0.2, 0) is 6.42 Å². The number of aromatic hydroxyl groups is 1. The van der Waals surface area contributed by atoms with Gasteiger partial charge in [-0.15, -0.1) is 0 Å². The van der Waals surface area contributed by atoms with Gasteiger partial charge in [-0.25, -0.2) is 19.6 Å². The number of fused-ring (bicyclic) bond motifs is 1. The van der Waals surface area contributed by atoms with E-state index >= 15 is 0 Å². The van der Waals surface area contributed by atoms with Crippen LogP contribution >= 0.6 is 0 Å². The second-order valence-corrected chi connectivity index (χ2v) is 8.64. The van der Waals surface area contributed by atoms with Gasteiger partial charge in [0.25, 0.3) is 0 Å². The van der Waals surface area contributed by atoms with E-state index in [0.717, 1.165) is 54.4 Å². The molecule has 0 bridgehead atoms. The van der Waals surface area contributed by atoms with Gasteiger partial charge in [0.2, 0.25) is 17.8 Å². The normalized spacial score (nSPS) is 10.5. The van der Waals surface area contributed by atoms with E-state index in [1.807, 2.05) is 47.0 Å². The van der Waals surface area contributed by atoms with Gasteiger partial charge in [-0.2, -0.15) is 9.88 Å². The monoisotopic (exact) mass is 499 g/mol. The largest absolute Gasteiger partial charge is 0.493 e. The fourth-order valence-electron chi connectivity index (χ4n) is 3.41. The molecular weight excluding hydrogens is 462 g/mol. The molecule has 196 valence electrons. The summed E-state index contributed by atoms with van der Waals surface area (Å²) in [6.45, 7) is 8.35. The minimum Gasteiger partial charge on any atom is -0.493 e. The van der Waals surface area contributed by atoms with Crippen molar-refractivity contribution in [3.05, 3.63) is 35.0 Å². The van der Waals surface area contributed by atoms with E-state index in [2.05, 4.69) is 32.2 Å². The molecule has 0 aliphatic heterocycles. The lowest BCUT2D eigenvalue weighted by atomic mass is 10.1. The molecule has 3 rings (SSSR count). The number of benzene rings is 1. The third kappa shape index (κ3) is 7.30. The molecule has 0 atom stereocenters. The van der Waals surface area contributed by atoms with Gasteiger partial charge >= 0.3 is 12.1 Å². The second kappa shape index (κ2) is 13.3. The van der Waals surface area contributed by atoms with E-state index in [1.165, 1.54) is 0 Å². The van der Waals surface area contributed by atoms with Gasteiger partial charge in [0.05, 0.1) is 11.0 Å². The molecule has 0 fully saturated rings. The first-order chi connectivity index (χ1) is 17.1. The Labute approximate surface area is 211 Å². The maximum Gasteiger partial charge on any atom is 0.422 e. The Morgan fingerprint density at radius 2 is 1.75 bits per heavy atom. The number of carbonyl (C=O) groups excluding carboxylic acids is 1. The van der Waals surface area contributed by atoms with E-state index in [4.69, 9.17) is 0 Å². The van der Waals surface area contributed by atoms with Crippen molar-refractivity contribution in [1.29, 1.82) is 0 Å². The number of aromatic amines is 1. The highest BCUT2D eigenvalue weighted by atomic mass is 16.4. The molecule has 3 amide bonds. The van der Waals surface area contributed by atoms with Crippen LogP contribution in [0.3, 0.4) is 0 Å². The zero-order valence-electron chi connectivity index (χ0n) is 21.9. The van der Waals surface area contributed by atoms with Crippen molar-refractivity contribution in [3.8, 4) is 5.88 Å². The summed E-state index contributed by atoms with van der Waals surface area (Å²) < 4.78 is 0. The molecule has 36 heavy (non-hydrogen) atoms. The molecule has 0 saturated heterocycles. The number of imidazole rings is 1. The maximum atomic E-state index is 12.0. The van der Waals surface area contributed by atoms with Crippen molar-refractivity contribution in [2.45, 2.75) is 59.8 Å². The van der Waals surface area contributed by atoms with E-state index in [1.54, 1.807) is 11.0 Å². The fourth-order valence-corrected chi connectivity index (χ4v) is 3.41. The van der Waals surface area contributed by atoms with E-state index in [9.17, 15) is 19.8 Å². The van der Waals surface area contributed by atoms with Gasteiger partial charge in [-0.1, -0.05) is 38.8 Å². The second-order valence-electron chi connectivity index (χ2n) is 8.64. The Kier molecular flexibility index (Phi) is 10.4. The molecular formula is C25H37N7O4. The van der Waals surface area contributed by atoms with Crippen LogP contribution in [0.4, 0.5) is 21.5 Å². The first-order valence-corrected chi connectivity index (χ1v) is 12.1. The van der Waals surface area contributed by atoms with Gasteiger partial charge in [0, 0.05) is 31.9 Å². The number of anilines is 2. The van der Waals surface area contributed by atoms with Gasteiger partial charge in [-0.3, -0.25) is 0 Å². The van der Waals surface area contributed by atoms with Crippen molar-refractivity contribution in [3.63, 3.8) is 0 Å². The van der Waals surface area contributed by atoms with Crippen molar-refractivity contribution in [2.24, 2.45) is 0 Å². The summed E-state index contributed by atoms with van der Waals surface area (Å²) in [5.41, 5.74) is 4.03. The van der Waals surface area contributed by atoms with Gasteiger partial charge in [0.1, 0.15) is 0 Å². The fraction of sp³-hybridized carbons (Fsp3) is 0.480. The first-order valence-electron chi connectivity index (χ1n) is 12.1. The summed E-state index contributed by atoms with van der Waals surface area (Å²) >= 11 is 0. The van der Waals surface area contributed by atoms with Gasteiger partial charge in [0.15, 0.2) is 0 Å². The van der Waals surface area contributed by atoms with Crippen LogP contribution in [0.1, 0.15) is 56.4 Å². The smallest absolute Gasteiger partial charge is 0.422 e. The molecule has 0 radical (unpaired) electrons. The van der Waals surface area contributed by atoms with E-state index < -0.39 is 12.1 Å². The van der Waals surface area contributed by atoms with Crippen LogP contribution in [0.25, 0.3) is 11.0 Å². The minimum atomic E-state index is -1.37. The highest BCUT2D eigenvalue weighted by Crippen LogP contribution is 2.22. The average Bonchev–Trinajstić information content (AvgIpc) is 3.24. The Bertz CT molecular complexity index is 1150. The van der Waals surface area contributed by atoms with Crippen LogP contribution in [-0.4, -0.2) is 62.9 Å². The van der Waals surface area contributed by atoms with Crippen molar-refractivity contribution in [1.82, 2.24) is 25.3 Å². The van der Waals surface area contributed by atoms with E-state index in [-0.39, 0.29) is 11.8 Å². The number of aromatic nitrogens is 4. The molecule has 0 aliphatic carbocycles. The number of aryl methyl sites for hydroxylation is 2. The Morgan fingerprint density at radius 3 is 2.31 bits per heavy atom. The molecule has 4 N–H and O–H groups in total. The van der Waals surface area contributed by atoms with Crippen molar-refractivity contribution < 1.29 is 19.8 Å². The molecule has 3 aromatic rings. The number of hydrogen-bond acceptors (Lipinski definition) is 7. The summed E-state index contributed by atoms with van der Waals surface area (Å²) in [4.78, 5) is 41.2. The summed E-state index contributed by atoms with van der Waals surface area (Å²) in [5.74, 6) is 0.686. The number of carbonyl (C=O) groups is 2. The lowest BCUT2D eigenvalue weighted by Crippen LogP contribution is -2.44. The predicted molar refractivity (Wildman–Crippen MR) is 141 cm³/mol. The van der Waals surface area contributed by atoms with Gasteiger partial charge in [-0.05, 0) is 44.7 Å². The van der Waals surface area contributed by atoms with Crippen LogP contribution in [0, 0.1) is 13.8 Å². The summed E-state index contributed by atoms with van der Waals surface area (Å²) in [6.07, 6.45) is 3.34. The number of unbranched alkanes of at least 4 members (excludes halogenated alkanes) is 2. The van der Waals surface area contributed by atoms with Crippen LogP contribution in [0.5, 0.6) is 5.88 Å². The molecule has 2 heterocycles. The highest BCUT2D eigenvalue weighted by Gasteiger charge is 2.26. The number of rotatable bonds is 8. The highest BCUT2D eigenvalue weighted by molar-refractivity contribution is 6.10. The number of nitrogens with one attached hydrogen (secondary N) is 2. The van der Waals surface area contributed by atoms with Crippen LogP contribution < -0.4 is 15.1 Å². The molecule has 0 aliphatic rings. The lowest BCUT2D eigenvalue weighted by molar-refractivity contribution is 0.199. The summed E-state index contributed by atoms with van der Waals surface area (Å²) in [6, 6.07) is 4.77. The molecule has 2 aromatic heterocycles. The lowest BCUT2D eigenvalue weighted by Gasteiger charge is -2.14. The number of hydrogen-bond donors (Lipinski definition) is 4. The third-order valence-corrected chi connectivity index (χ3v) is 5.49. The van der Waals surface area contributed by atoms with Gasteiger partial charge < -0.3 is 25.4 Å². The Balaban J connectivity index is 0.000000269. The standard InChI is InChI=1S/C14H18N4O3.C11H19N3O/c1-3-4-8-15-13(19)18(14(20)21)12-16-10-7-5-6-9(2)11(10)17-12;1-5-6-7-9-8(2)12-11(14(3)4)13-10(9)15/h5-7H,3-4,8H2,1-2H3,(H,15,19)(H,16,17)(H,20,21);5-7H2,1-4H3,(H,12,13,15). The quantitative estimate of drug-likeness (QED) is 0.324.